The van der Waals surface area contributed by atoms with Gasteiger partial charge < -0.3 is 19.9 Å². The second-order valence-electron chi connectivity index (χ2n) is 7.73. The molecular weight excluding hydrogens is 454 g/mol. The van der Waals surface area contributed by atoms with Crippen LogP contribution in [-0.4, -0.2) is 58.8 Å². The highest BCUT2D eigenvalue weighted by molar-refractivity contribution is 7.13. The fraction of sp³-hybridized carbons (Fsp3) is 0.250. The summed E-state index contributed by atoms with van der Waals surface area (Å²) in [6.45, 7) is 3.51. The number of hydrogen-bond acceptors (Lipinski definition) is 6. The summed E-state index contributed by atoms with van der Waals surface area (Å²) in [6.07, 6.45) is 0.0892. The Labute approximate surface area is 201 Å². The average molecular weight is 480 g/mol. The average Bonchev–Trinajstić information content (AvgIpc) is 3.27. The van der Waals surface area contributed by atoms with Gasteiger partial charge in [0, 0.05) is 44.2 Å². The summed E-state index contributed by atoms with van der Waals surface area (Å²) in [4.78, 5) is 44.0. The van der Waals surface area contributed by atoms with Gasteiger partial charge in [0.1, 0.15) is 11.5 Å². The van der Waals surface area contributed by atoms with Crippen molar-refractivity contribution in [2.75, 3.05) is 36.8 Å². The fourth-order valence-corrected chi connectivity index (χ4v) is 4.14. The normalized spacial score (nSPS) is 13.3. The molecule has 2 N–H and O–H groups in total. The van der Waals surface area contributed by atoms with Crippen LogP contribution in [0, 0.1) is 0 Å². The molecule has 0 saturated carbocycles. The number of carbonyl (C=O) groups is 3. The number of piperazine rings is 1. The summed E-state index contributed by atoms with van der Waals surface area (Å²) < 4.78 is 5.75. The molecule has 1 fully saturated rings. The van der Waals surface area contributed by atoms with Crippen molar-refractivity contribution in [1.29, 1.82) is 0 Å². The second kappa shape index (κ2) is 10.8. The van der Waals surface area contributed by atoms with Crippen molar-refractivity contribution < 1.29 is 19.1 Å². The van der Waals surface area contributed by atoms with Gasteiger partial charge in [-0.2, -0.15) is 0 Å². The van der Waals surface area contributed by atoms with Gasteiger partial charge in [-0.15, -0.1) is 11.3 Å². The van der Waals surface area contributed by atoms with Crippen LogP contribution in [0.1, 0.15) is 12.6 Å². The van der Waals surface area contributed by atoms with Crippen LogP contribution in [-0.2, 0) is 16.0 Å². The molecule has 10 heteroatoms. The summed E-state index contributed by atoms with van der Waals surface area (Å²) in [6, 6.07) is 16.3. The number of ether oxygens (including phenoxy) is 1. The van der Waals surface area contributed by atoms with Crippen LogP contribution in [0.15, 0.2) is 60.0 Å². The van der Waals surface area contributed by atoms with Gasteiger partial charge >= 0.3 is 6.03 Å². The third-order valence-electron chi connectivity index (χ3n) is 5.24. The van der Waals surface area contributed by atoms with Crippen molar-refractivity contribution in [3.05, 3.63) is 65.7 Å². The summed E-state index contributed by atoms with van der Waals surface area (Å²) >= 11 is 1.27. The lowest BCUT2D eigenvalue weighted by molar-refractivity contribution is -0.130. The quantitative estimate of drug-likeness (QED) is 0.560. The van der Waals surface area contributed by atoms with Crippen LogP contribution in [0.25, 0.3) is 0 Å². The molecule has 1 saturated heterocycles. The Kier molecular flexibility index (Phi) is 7.38. The molecule has 0 aliphatic carbocycles. The number of thiazole rings is 1. The molecule has 9 nitrogen and oxygen atoms in total. The van der Waals surface area contributed by atoms with Crippen LogP contribution in [0.2, 0.25) is 0 Å². The number of hydrogen-bond donors (Lipinski definition) is 2. The maximum Gasteiger partial charge on any atom is 0.323 e. The number of urea groups is 1. The van der Waals surface area contributed by atoms with Crippen LogP contribution in [0.5, 0.6) is 11.5 Å². The second-order valence-corrected chi connectivity index (χ2v) is 8.59. The molecule has 2 heterocycles. The molecule has 0 unspecified atom stereocenters. The van der Waals surface area contributed by atoms with E-state index < -0.39 is 0 Å². The Balaban J connectivity index is 1.24. The van der Waals surface area contributed by atoms with E-state index in [9.17, 15) is 14.4 Å². The first-order valence-electron chi connectivity index (χ1n) is 10.8. The number of benzene rings is 2. The highest BCUT2D eigenvalue weighted by Gasteiger charge is 2.23. The zero-order valence-corrected chi connectivity index (χ0v) is 19.5. The minimum atomic E-state index is -0.258. The molecule has 4 amide bonds. The number of rotatable bonds is 6. The van der Waals surface area contributed by atoms with E-state index in [1.807, 2.05) is 30.3 Å². The predicted octanol–water partition coefficient (Wildman–Crippen LogP) is 3.81. The highest BCUT2D eigenvalue weighted by atomic mass is 32.1. The van der Waals surface area contributed by atoms with E-state index >= 15 is 0 Å². The van der Waals surface area contributed by atoms with Crippen LogP contribution >= 0.6 is 11.3 Å². The Hall–Kier alpha value is -3.92. The third kappa shape index (κ3) is 6.32. The van der Waals surface area contributed by atoms with E-state index in [1.54, 1.807) is 39.4 Å². The molecule has 1 aliphatic rings. The smallest absolute Gasteiger partial charge is 0.323 e. The molecule has 0 atom stereocenters. The third-order valence-corrected chi connectivity index (χ3v) is 6.04. The molecular formula is C24H25N5O4S. The Morgan fingerprint density at radius 3 is 2.24 bits per heavy atom. The number of amides is 4. The Morgan fingerprint density at radius 2 is 1.56 bits per heavy atom. The zero-order valence-electron chi connectivity index (χ0n) is 18.7. The summed E-state index contributed by atoms with van der Waals surface area (Å²) in [5, 5.41) is 7.79. The Morgan fingerprint density at radius 1 is 0.912 bits per heavy atom. The summed E-state index contributed by atoms with van der Waals surface area (Å²) in [5.74, 6) is 1.22. The van der Waals surface area contributed by atoms with Gasteiger partial charge in [-0.3, -0.25) is 14.9 Å². The van der Waals surface area contributed by atoms with E-state index in [0.717, 1.165) is 5.75 Å². The van der Waals surface area contributed by atoms with Crippen molar-refractivity contribution in [1.82, 2.24) is 14.8 Å². The molecule has 0 bridgehead atoms. The summed E-state index contributed by atoms with van der Waals surface area (Å²) in [7, 11) is 0. The maximum absolute atomic E-state index is 12.4. The summed E-state index contributed by atoms with van der Waals surface area (Å²) in [5.41, 5.74) is 1.22. The van der Waals surface area contributed by atoms with Crippen molar-refractivity contribution in [3.63, 3.8) is 0 Å². The van der Waals surface area contributed by atoms with Crippen LogP contribution in [0.4, 0.5) is 15.6 Å². The molecule has 1 aromatic heterocycles. The van der Waals surface area contributed by atoms with E-state index in [-0.39, 0.29) is 24.3 Å². The number of carbonyl (C=O) groups excluding carboxylic acids is 3. The lowest BCUT2D eigenvalue weighted by Crippen LogP contribution is -2.51. The number of nitrogens with one attached hydrogen (secondary N) is 2. The molecule has 0 radical (unpaired) electrons. The predicted molar refractivity (Wildman–Crippen MR) is 130 cm³/mol. The van der Waals surface area contributed by atoms with E-state index in [2.05, 4.69) is 15.6 Å². The van der Waals surface area contributed by atoms with Gasteiger partial charge in [0.15, 0.2) is 5.13 Å². The molecule has 4 rings (SSSR count). The molecule has 176 valence electrons. The number of anilines is 2. The molecule has 2 aromatic carbocycles. The molecule has 34 heavy (non-hydrogen) atoms. The Bertz CT molecular complexity index is 1140. The first-order chi connectivity index (χ1) is 16.5. The number of nitrogens with zero attached hydrogens (tertiary/aromatic N) is 3. The van der Waals surface area contributed by atoms with Crippen molar-refractivity contribution in [2.24, 2.45) is 0 Å². The standard InChI is InChI=1S/C24H25N5O4S/c1-17(30)28-11-13-29(14-12-28)24(32)27-23-26-19(16-34-23)15-22(31)25-18-7-9-21(10-8-18)33-20-5-3-2-4-6-20/h2-10,16H,11-15H2,1H3,(H,25,31)(H,26,27,32). The van der Waals surface area contributed by atoms with Gasteiger partial charge in [-0.1, -0.05) is 18.2 Å². The van der Waals surface area contributed by atoms with E-state index in [0.29, 0.717) is 48.4 Å². The van der Waals surface area contributed by atoms with Crippen LogP contribution < -0.4 is 15.4 Å². The lowest BCUT2D eigenvalue weighted by Gasteiger charge is -2.33. The van der Waals surface area contributed by atoms with Gasteiger partial charge in [0.05, 0.1) is 12.1 Å². The maximum atomic E-state index is 12.4. The van der Waals surface area contributed by atoms with Crippen molar-refractivity contribution in [3.8, 4) is 11.5 Å². The first-order valence-corrected chi connectivity index (χ1v) is 11.7. The van der Waals surface area contributed by atoms with Crippen molar-refractivity contribution >= 4 is 40.0 Å². The lowest BCUT2D eigenvalue weighted by atomic mass is 10.2. The minimum Gasteiger partial charge on any atom is -0.457 e. The first kappa shape index (κ1) is 23.2. The topological polar surface area (TPSA) is 104 Å². The number of para-hydroxylation sites is 1. The van der Waals surface area contributed by atoms with E-state index in [1.165, 1.54) is 18.3 Å². The van der Waals surface area contributed by atoms with Crippen LogP contribution in [0.3, 0.4) is 0 Å². The number of aromatic nitrogens is 1. The van der Waals surface area contributed by atoms with Crippen molar-refractivity contribution in [2.45, 2.75) is 13.3 Å². The molecule has 3 aromatic rings. The SMILES string of the molecule is CC(=O)N1CCN(C(=O)Nc2nc(CC(=O)Nc3ccc(Oc4ccccc4)cc3)cs2)CC1. The van der Waals surface area contributed by atoms with Gasteiger partial charge in [0.25, 0.3) is 0 Å². The monoisotopic (exact) mass is 479 g/mol. The highest BCUT2D eigenvalue weighted by Crippen LogP contribution is 2.23. The van der Waals surface area contributed by atoms with Gasteiger partial charge in [-0.05, 0) is 36.4 Å². The molecule has 0 spiro atoms. The van der Waals surface area contributed by atoms with E-state index in [4.69, 9.17) is 4.74 Å². The molecule has 1 aliphatic heterocycles. The minimum absolute atomic E-state index is 0.0133. The van der Waals surface area contributed by atoms with Gasteiger partial charge in [0.2, 0.25) is 11.8 Å². The fourth-order valence-electron chi connectivity index (χ4n) is 3.44. The zero-order chi connectivity index (χ0) is 23.9. The largest absolute Gasteiger partial charge is 0.457 e. The van der Waals surface area contributed by atoms with Gasteiger partial charge in [-0.25, -0.2) is 9.78 Å².